The van der Waals surface area contributed by atoms with Gasteiger partial charge in [-0.05, 0) is 56.0 Å². The van der Waals surface area contributed by atoms with Crippen molar-refractivity contribution < 1.29 is 8.42 Å². The summed E-state index contributed by atoms with van der Waals surface area (Å²) in [4.78, 5) is 0. The van der Waals surface area contributed by atoms with Gasteiger partial charge in [0.25, 0.3) is 0 Å². The lowest BCUT2D eigenvalue weighted by Crippen LogP contribution is -2.36. The van der Waals surface area contributed by atoms with Gasteiger partial charge in [-0.3, -0.25) is 4.72 Å². The second-order valence-electron chi connectivity index (χ2n) is 5.51. The number of nitrogens with one attached hydrogen (secondary N) is 2. The smallest absolute Gasteiger partial charge is 0.232 e. The Balaban J connectivity index is 1.97. The summed E-state index contributed by atoms with van der Waals surface area (Å²) in [6, 6.07) is 5.98. The molecule has 1 saturated heterocycles. The molecule has 0 bridgehead atoms. The second kappa shape index (κ2) is 7.61. The Hall–Kier alpha value is -0.590. The van der Waals surface area contributed by atoms with Crippen LogP contribution in [0.2, 0.25) is 0 Å². The van der Waals surface area contributed by atoms with Crippen LogP contribution in [0.15, 0.2) is 22.7 Å². The SMILES string of the molecule is CCc1cc(Br)ccc1NS(=O)(=O)CCC1CCCCN1. The standard InChI is InChI=1S/C15H23BrN2O2S/c1-2-12-11-13(16)6-7-15(12)18-21(19,20)10-8-14-5-3-4-9-17-14/h6-7,11,14,17-18H,2-5,8-10H2,1H3. The Morgan fingerprint density at radius 3 is 2.86 bits per heavy atom. The molecule has 1 atom stereocenters. The molecule has 1 aromatic rings. The van der Waals surface area contributed by atoms with Crippen LogP contribution in [0.5, 0.6) is 0 Å². The average molecular weight is 375 g/mol. The van der Waals surface area contributed by atoms with Crippen LogP contribution in [0.25, 0.3) is 0 Å². The summed E-state index contributed by atoms with van der Waals surface area (Å²) in [6.07, 6.45) is 4.93. The summed E-state index contributed by atoms with van der Waals surface area (Å²) in [5, 5.41) is 3.39. The van der Waals surface area contributed by atoms with E-state index in [0.717, 1.165) is 29.4 Å². The monoisotopic (exact) mass is 374 g/mol. The van der Waals surface area contributed by atoms with Gasteiger partial charge in [-0.2, -0.15) is 0 Å². The van der Waals surface area contributed by atoms with Crippen molar-refractivity contribution in [3.8, 4) is 0 Å². The van der Waals surface area contributed by atoms with E-state index in [1.807, 2.05) is 25.1 Å². The highest BCUT2D eigenvalue weighted by molar-refractivity contribution is 9.10. The van der Waals surface area contributed by atoms with E-state index < -0.39 is 10.0 Å². The summed E-state index contributed by atoms with van der Waals surface area (Å²) in [5.74, 6) is 0.171. The second-order valence-corrected chi connectivity index (χ2v) is 8.27. The highest BCUT2D eigenvalue weighted by Gasteiger charge is 2.18. The quantitative estimate of drug-likeness (QED) is 0.802. The van der Waals surface area contributed by atoms with E-state index >= 15 is 0 Å². The van der Waals surface area contributed by atoms with E-state index in [2.05, 4.69) is 26.0 Å². The van der Waals surface area contributed by atoms with Crippen LogP contribution in [0.4, 0.5) is 5.69 Å². The Bertz CT molecular complexity index is 569. The molecule has 2 rings (SSSR count). The first-order valence-electron chi connectivity index (χ1n) is 7.52. The van der Waals surface area contributed by atoms with Crippen LogP contribution in [-0.4, -0.2) is 26.8 Å². The number of hydrogen-bond donors (Lipinski definition) is 2. The number of piperidine rings is 1. The van der Waals surface area contributed by atoms with Gasteiger partial charge in [0.15, 0.2) is 0 Å². The molecule has 1 aromatic carbocycles. The minimum Gasteiger partial charge on any atom is -0.314 e. The molecule has 0 aliphatic carbocycles. The lowest BCUT2D eigenvalue weighted by Gasteiger charge is -2.23. The normalized spacial score (nSPS) is 19.4. The number of rotatable bonds is 6. The molecule has 6 heteroatoms. The van der Waals surface area contributed by atoms with Gasteiger partial charge in [-0.15, -0.1) is 0 Å². The fraction of sp³-hybridized carbons (Fsp3) is 0.600. The molecule has 2 N–H and O–H groups in total. The molecule has 0 saturated carbocycles. The topological polar surface area (TPSA) is 58.2 Å². The van der Waals surface area contributed by atoms with Crippen LogP contribution in [0, 0.1) is 0 Å². The number of hydrogen-bond acceptors (Lipinski definition) is 3. The van der Waals surface area contributed by atoms with Crippen LogP contribution in [0.3, 0.4) is 0 Å². The highest BCUT2D eigenvalue weighted by Crippen LogP contribution is 2.23. The van der Waals surface area contributed by atoms with Crippen molar-refractivity contribution in [2.75, 3.05) is 17.0 Å². The third-order valence-electron chi connectivity index (χ3n) is 3.86. The zero-order valence-electron chi connectivity index (χ0n) is 12.4. The van der Waals surface area contributed by atoms with E-state index in [4.69, 9.17) is 0 Å². The molecule has 1 aliphatic heterocycles. The maximum absolute atomic E-state index is 12.2. The molecular formula is C15H23BrN2O2S. The molecule has 0 radical (unpaired) electrons. The van der Waals surface area contributed by atoms with Gasteiger partial charge in [0, 0.05) is 10.5 Å². The first kappa shape index (κ1) is 16.8. The first-order chi connectivity index (χ1) is 10.00. The summed E-state index contributed by atoms with van der Waals surface area (Å²) in [5.41, 5.74) is 1.70. The van der Waals surface area contributed by atoms with Gasteiger partial charge < -0.3 is 5.32 Å². The summed E-state index contributed by atoms with van der Waals surface area (Å²) < 4.78 is 28.2. The van der Waals surface area contributed by atoms with Crippen LogP contribution >= 0.6 is 15.9 Å². The Labute approximate surface area is 135 Å². The average Bonchev–Trinajstić information content (AvgIpc) is 2.48. The van der Waals surface area contributed by atoms with E-state index in [1.165, 1.54) is 12.8 Å². The molecular weight excluding hydrogens is 352 g/mol. The largest absolute Gasteiger partial charge is 0.314 e. The predicted octanol–water partition coefficient (Wildman–Crippen LogP) is 3.29. The van der Waals surface area contributed by atoms with Gasteiger partial charge >= 0.3 is 0 Å². The molecule has 118 valence electrons. The van der Waals surface area contributed by atoms with Crippen molar-refractivity contribution in [2.24, 2.45) is 0 Å². The number of halogens is 1. The Morgan fingerprint density at radius 2 is 2.19 bits per heavy atom. The minimum atomic E-state index is -3.28. The number of benzene rings is 1. The summed E-state index contributed by atoms with van der Waals surface area (Å²) in [6.45, 7) is 3.02. The first-order valence-corrected chi connectivity index (χ1v) is 9.97. The molecule has 0 spiro atoms. The number of anilines is 1. The van der Waals surface area contributed by atoms with Crippen LogP contribution in [-0.2, 0) is 16.4 Å². The fourth-order valence-corrected chi connectivity index (χ4v) is 4.28. The van der Waals surface area contributed by atoms with Crippen LogP contribution < -0.4 is 10.0 Å². The Kier molecular flexibility index (Phi) is 6.08. The summed E-state index contributed by atoms with van der Waals surface area (Å²) in [7, 11) is -3.28. The van der Waals surface area contributed by atoms with Gasteiger partial charge in [-0.1, -0.05) is 29.3 Å². The summed E-state index contributed by atoms with van der Waals surface area (Å²) >= 11 is 3.41. The van der Waals surface area contributed by atoms with Crippen molar-refractivity contribution in [3.63, 3.8) is 0 Å². The molecule has 0 amide bonds. The Morgan fingerprint density at radius 1 is 1.38 bits per heavy atom. The van der Waals surface area contributed by atoms with Crippen molar-refractivity contribution >= 4 is 31.6 Å². The van der Waals surface area contributed by atoms with Crippen LogP contribution in [0.1, 0.15) is 38.2 Å². The zero-order chi connectivity index (χ0) is 15.3. The molecule has 4 nitrogen and oxygen atoms in total. The molecule has 1 aliphatic rings. The highest BCUT2D eigenvalue weighted by atomic mass is 79.9. The van der Waals surface area contributed by atoms with Gasteiger partial charge in [0.05, 0.1) is 11.4 Å². The van der Waals surface area contributed by atoms with E-state index in [1.54, 1.807) is 0 Å². The maximum Gasteiger partial charge on any atom is 0.232 e. The van der Waals surface area contributed by atoms with Crippen molar-refractivity contribution in [3.05, 3.63) is 28.2 Å². The molecule has 21 heavy (non-hydrogen) atoms. The van der Waals surface area contributed by atoms with Crippen molar-refractivity contribution in [2.45, 2.75) is 45.1 Å². The number of sulfonamides is 1. The van der Waals surface area contributed by atoms with Gasteiger partial charge in [-0.25, -0.2) is 8.42 Å². The third-order valence-corrected chi connectivity index (χ3v) is 5.66. The van der Waals surface area contributed by atoms with Gasteiger partial charge in [0.2, 0.25) is 10.0 Å². The lowest BCUT2D eigenvalue weighted by molar-refractivity contribution is 0.393. The van der Waals surface area contributed by atoms with Crippen molar-refractivity contribution in [1.29, 1.82) is 0 Å². The van der Waals surface area contributed by atoms with E-state index in [-0.39, 0.29) is 5.75 Å². The molecule has 1 unspecified atom stereocenters. The van der Waals surface area contributed by atoms with Gasteiger partial charge in [0.1, 0.15) is 0 Å². The molecule has 1 heterocycles. The molecule has 0 aromatic heterocycles. The predicted molar refractivity (Wildman–Crippen MR) is 91.2 cm³/mol. The zero-order valence-corrected chi connectivity index (χ0v) is 14.8. The number of aryl methyl sites for hydroxylation is 1. The van der Waals surface area contributed by atoms with E-state index in [0.29, 0.717) is 18.2 Å². The fourth-order valence-electron chi connectivity index (χ4n) is 2.64. The van der Waals surface area contributed by atoms with E-state index in [9.17, 15) is 8.42 Å². The molecule has 1 fully saturated rings. The minimum absolute atomic E-state index is 0.171. The maximum atomic E-state index is 12.2. The lowest BCUT2D eigenvalue weighted by atomic mass is 10.0. The van der Waals surface area contributed by atoms with Crippen molar-refractivity contribution in [1.82, 2.24) is 5.32 Å². The third kappa shape index (κ3) is 5.27.